The van der Waals surface area contributed by atoms with Crippen molar-refractivity contribution in [3.8, 4) is 0 Å². The van der Waals surface area contributed by atoms with Gasteiger partial charge in [-0.25, -0.2) is 10.5 Å². The SMILES string of the molecule is C/C(=N\NC(=O)c1n[nH]c(=O)c2ccccc12)C12CC3CC(CC(C3)C1)C2. The molecule has 6 heteroatoms. The van der Waals surface area contributed by atoms with Gasteiger partial charge in [-0.1, -0.05) is 18.2 Å². The van der Waals surface area contributed by atoms with Crippen molar-refractivity contribution in [3.05, 3.63) is 40.3 Å². The number of nitrogens with zero attached hydrogens (tertiary/aromatic N) is 2. The maximum atomic E-state index is 12.7. The first-order valence-corrected chi connectivity index (χ1v) is 9.86. The molecule has 140 valence electrons. The van der Waals surface area contributed by atoms with Crippen molar-refractivity contribution in [1.82, 2.24) is 15.6 Å². The molecular formula is C21H24N4O2. The lowest BCUT2D eigenvalue weighted by molar-refractivity contribution is -0.0128. The molecule has 0 radical (unpaired) electrons. The number of fused-ring (bicyclic) bond motifs is 1. The maximum Gasteiger partial charge on any atom is 0.292 e. The third-order valence-corrected chi connectivity index (χ3v) is 7.04. The van der Waals surface area contributed by atoms with Gasteiger partial charge in [0.25, 0.3) is 11.5 Å². The zero-order chi connectivity index (χ0) is 18.6. The van der Waals surface area contributed by atoms with E-state index >= 15 is 0 Å². The van der Waals surface area contributed by atoms with E-state index in [0.29, 0.717) is 10.8 Å². The van der Waals surface area contributed by atoms with E-state index in [2.05, 4.69) is 27.6 Å². The molecule has 2 aromatic rings. The lowest BCUT2D eigenvalue weighted by Crippen LogP contribution is -2.49. The standard InChI is InChI=1S/C21H24N4O2/c1-12(21-9-13-6-14(10-21)8-15(7-13)11-21)22-25-20(27)18-16-4-2-3-5-17(16)19(26)24-23-18/h2-5,13-15H,6-11H2,1H3,(H,24,26)(H,25,27)/b22-12+. The molecule has 4 saturated carbocycles. The number of rotatable bonds is 3. The molecule has 1 amide bonds. The Bertz CT molecular complexity index is 971. The van der Waals surface area contributed by atoms with Crippen LogP contribution < -0.4 is 11.0 Å². The zero-order valence-electron chi connectivity index (χ0n) is 15.5. The molecular weight excluding hydrogens is 340 g/mol. The smallest absolute Gasteiger partial charge is 0.267 e. The number of carbonyl (C=O) groups is 1. The molecule has 4 bridgehead atoms. The first-order chi connectivity index (χ1) is 13.0. The number of carbonyl (C=O) groups excluding carboxylic acids is 1. The monoisotopic (exact) mass is 364 g/mol. The van der Waals surface area contributed by atoms with Crippen molar-refractivity contribution in [2.45, 2.75) is 45.4 Å². The van der Waals surface area contributed by atoms with E-state index in [1.165, 1.54) is 38.5 Å². The predicted molar refractivity (Wildman–Crippen MR) is 104 cm³/mol. The highest BCUT2D eigenvalue weighted by Gasteiger charge is 2.52. The van der Waals surface area contributed by atoms with Crippen molar-refractivity contribution >= 4 is 22.4 Å². The molecule has 1 aromatic heterocycles. The summed E-state index contributed by atoms with van der Waals surface area (Å²) in [5, 5.41) is 11.9. The van der Waals surface area contributed by atoms with E-state index in [0.717, 1.165) is 23.5 Å². The van der Waals surface area contributed by atoms with Gasteiger partial charge in [-0.2, -0.15) is 10.2 Å². The van der Waals surface area contributed by atoms with E-state index in [1.54, 1.807) is 24.3 Å². The Labute approximate surface area is 157 Å². The fourth-order valence-electron chi connectivity index (χ4n) is 6.15. The number of hydrogen-bond donors (Lipinski definition) is 2. The van der Waals surface area contributed by atoms with E-state index in [4.69, 9.17) is 0 Å². The lowest BCUT2D eigenvalue weighted by atomic mass is 9.48. The second-order valence-corrected chi connectivity index (χ2v) is 8.78. The van der Waals surface area contributed by atoms with E-state index < -0.39 is 0 Å². The van der Waals surface area contributed by atoms with Gasteiger partial charge in [0.1, 0.15) is 0 Å². The van der Waals surface area contributed by atoms with Crippen molar-refractivity contribution < 1.29 is 4.79 Å². The van der Waals surface area contributed by atoms with E-state index in [-0.39, 0.29) is 22.6 Å². The quantitative estimate of drug-likeness (QED) is 0.647. The second kappa shape index (κ2) is 6.01. The zero-order valence-corrected chi connectivity index (χ0v) is 15.5. The van der Waals surface area contributed by atoms with Gasteiger partial charge < -0.3 is 0 Å². The van der Waals surface area contributed by atoms with E-state index in [9.17, 15) is 9.59 Å². The first-order valence-electron chi connectivity index (χ1n) is 9.86. The van der Waals surface area contributed by atoms with Gasteiger partial charge >= 0.3 is 0 Å². The van der Waals surface area contributed by atoms with Crippen LogP contribution in [0.3, 0.4) is 0 Å². The van der Waals surface area contributed by atoms with Crippen LogP contribution in [0.2, 0.25) is 0 Å². The minimum Gasteiger partial charge on any atom is -0.267 e. The van der Waals surface area contributed by atoms with Crippen LogP contribution in [-0.4, -0.2) is 21.8 Å². The summed E-state index contributed by atoms with van der Waals surface area (Å²) in [6.07, 6.45) is 7.78. The Morgan fingerprint density at radius 2 is 1.70 bits per heavy atom. The summed E-state index contributed by atoms with van der Waals surface area (Å²) in [7, 11) is 0. The highest BCUT2D eigenvalue weighted by molar-refractivity contribution is 6.05. The fourth-order valence-corrected chi connectivity index (χ4v) is 6.15. The van der Waals surface area contributed by atoms with Gasteiger partial charge in [0.2, 0.25) is 0 Å². The van der Waals surface area contributed by atoms with Crippen molar-refractivity contribution in [2.75, 3.05) is 0 Å². The topological polar surface area (TPSA) is 87.2 Å². The molecule has 6 rings (SSSR count). The summed E-state index contributed by atoms with van der Waals surface area (Å²) >= 11 is 0. The Kier molecular flexibility index (Phi) is 3.71. The van der Waals surface area contributed by atoms with Gasteiger partial charge in [0.05, 0.1) is 5.39 Å². The largest absolute Gasteiger partial charge is 0.292 e. The number of hydrazone groups is 1. The van der Waals surface area contributed by atoms with Crippen LogP contribution in [0.15, 0.2) is 34.2 Å². The number of nitrogens with one attached hydrogen (secondary N) is 2. The third kappa shape index (κ3) is 2.69. The van der Waals surface area contributed by atoms with Crippen LogP contribution in [0.4, 0.5) is 0 Å². The van der Waals surface area contributed by atoms with Crippen LogP contribution in [-0.2, 0) is 0 Å². The summed E-state index contributed by atoms with van der Waals surface area (Å²) in [6.45, 7) is 2.06. The van der Waals surface area contributed by atoms with Crippen LogP contribution >= 0.6 is 0 Å². The molecule has 0 spiro atoms. The fraction of sp³-hybridized carbons (Fsp3) is 0.524. The third-order valence-electron chi connectivity index (χ3n) is 7.04. The van der Waals surface area contributed by atoms with Crippen LogP contribution in [0, 0.1) is 23.2 Å². The minimum atomic E-state index is -0.383. The van der Waals surface area contributed by atoms with E-state index in [1.807, 2.05) is 0 Å². The minimum absolute atomic E-state index is 0.169. The number of benzene rings is 1. The summed E-state index contributed by atoms with van der Waals surface area (Å²) in [5.41, 5.74) is 3.82. The Hall–Kier alpha value is -2.50. The summed E-state index contributed by atoms with van der Waals surface area (Å²) in [6, 6.07) is 7.00. The van der Waals surface area contributed by atoms with Crippen molar-refractivity contribution in [2.24, 2.45) is 28.3 Å². The summed E-state index contributed by atoms with van der Waals surface area (Å²) in [5.74, 6) is 2.12. The number of aromatic amines is 1. The van der Waals surface area contributed by atoms with Gasteiger partial charge in [0, 0.05) is 16.5 Å². The van der Waals surface area contributed by atoms with Crippen molar-refractivity contribution in [3.63, 3.8) is 0 Å². The Morgan fingerprint density at radius 3 is 2.33 bits per heavy atom. The highest BCUT2D eigenvalue weighted by Crippen LogP contribution is 2.60. The Morgan fingerprint density at radius 1 is 1.11 bits per heavy atom. The summed E-state index contributed by atoms with van der Waals surface area (Å²) < 4.78 is 0. The molecule has 1 heterocycles. The summed E-state index contributed by atoms with van der Waals surface area (Å²) in [4.78, 5) is 24.6. The molecule has 6 nitrogen and oxygen atoms in total. The molecule has 0 unspecified atom stereocenters. The predicted octanol–water partition coefficient (Wildman–Crippen LogP) is 3.25. The highest BCUT2D eigenvalue weighted by atomic mass is 16.2. The van der Waals surface area contributed by atoms with Crippen molar-refractivity contribution in [1.29, 1.82) is 0 Å². The molecule has 1 aromatic carbocycles. The molecule has 0 atom stereocenters. The maximum absolute atomic E-state index is 12.7. The molecule has 0 saturated heterocycles. The average molecular weight is 364 g/mol. The molecule has 27 heavy (non-hydrogen) atoms. The van der Waals surface area contributed by atoms with Crippen LogP contribution in [0.25, 0.3) is 10.8 Å². The van der Waals surface area contributed by atoms with Gasteiger partial charge in [0.15, 0.2) is 5.69 Å². The molecule has 4 fully saturated rings. The number of amides is 1. The second-order valence-electron chi connectivity index (χ2n) is 8.78. The molecule has 2 N–H and O–H groups in total. The first kappa shape index (κ1) is 16.7. The number of H-pyrrole nitrogens is 1. The van der Waals surface area contributed by atoms with Crippen LogP contribution in [0.5, 0.6) is 0 Å². The van der Waals surface area contributed by atoms with Gasteiger partial charge in [-0.15, -0.1) is 0 Å². The van der Waals surface area contributed by atoms with Gasteiger partial charge in [-0.05, 0) is 69.3 Å². The normalized spacial score (nSPS) is 32.0. The van der Waals surface area contributed by atoms with Crippen LogP contribution in [0.1, 0.15) is 55.9 Å². The number of aromatic nitrogens is 2. The number of hydrogen-bond acceptors (Lipinski definition) is 4. The average Bonchev–Trinajstić information content (AvgIpc) is 2.65. The lowest BCUT2D eigenvalue weighted by Gasteiger charge is -2.56. The molecule has 4 aliphatic rings. The Balaban J connectivity index is 1.41. The molecule has 4 aliphatic carbocycles. The molecule has 0 aliphatic heterocycles. The van der Waals surface area contributed by atoms with Gasteiger partial charge in [-0.3, -0.25) is 9.59 Å².